The molecule has 0 aliphatic heterocycles. The smallest absolute Gasteiger partial charge is 0.0109 e. The molecule has 0 radical (unpaired) electrons. The van der Waals surface area contributed by atoms with Gasteiger partial charge >= 0.3 is 0 Å². The van der Waals surface area contributed by atoms with E-state index in [1.165, 1.54) is 0 Å². The molecule has 0 heterocycles. The van der Waals surface area contributed by atoms with Crippen LogP contribution in [0.4, 0.5) is 0 Å². The van der Waals surface area contributed by atoms with E-state index in [9.17, 15) is 0 Å². The van der Waals surface area contributed by atoms with Crippen LogP contribution in [-0.2, 0) is 0 Å². The highest BCUT2D eigenvalue weighted by Gasteiger charge is 2.12. The van der Waals surface area contributed by atoms with Gasteiger partial charge in [0.25, 0.3) is 0 Å². The molecular formula is C21H26. The van der Waals surface area contributed by atoms with E-state index in [1.807, 2.05) is 31.2 Å². The molecule has 0 amide bonds. The van der Waals surface area contributed by atoms with Crippen molar-refractivity contribution < 1.29 is 0 Å². The van der Waals surface area contributed by atoms with E-state index < -0.39 is 0 Å². The lowest BCUT2D eigenvalue weighted by molar-refractivity contribution is 0.519. The molecule has 0 spiro atoms. The molecule has 0 saturated carbocycles. The molecule has 0 atom stereocenters. The van der Waals surface area contributed by atoms with Crippen LogP contribution in [0.15, 0.2) is 73.9 Å². The topological polar surface area (TPSA) is 0 Å². The van der Waals surface area contributed by atoms with Gasteiger partial charge in [0.15, 0.2) is 0 Å². The maximum atomic E-state index is 4.19. The summed E-state index contributed by atoms with van der Waals surface area (Å²) in [6, 6.07) is 8.15. The maximum Gasteiger partial charge on any atom is -0.0109 e. The molecular weight excluding hydrogens is 252 g/mol. The molecule has 21 heavy (non-hydrogen) atoms. The lowest BCUT2D eigenvalue weighted by Gasteiger charge is -2.19. The Morgan fingerprint density at radius 2 is 1.43 bits per heavy atom. The van der Waals surface area contributed by atoms with Gasteiger partial charge in [-0.2, -0.15) is 0 Å². The van der Waals surface area contributed by atoms with Crippen LogP contribution in [0.3, 0.4) is 0 Å². The van der Waals surface area contributed by atoms with Gasteiger partial charge in [-0.3, -0.25) is 0 Å². The summed E-state index contributed by atoms with van der Waals surface area (Å²) >= 11 is 0. The Hall–Kier alpha value is -2.08. The predicted octanol–water partition coefficient (Wildman–Crippen LogP) is 6.45. The third-order valence-corrected chi connectivity index (χ3v) is 3.55. The van der Waals surface area contributed by atoms with E-state index >= 15 is 0 Å². The van der Waals surface area contributed by atoms with Crippen molar-refractivity contribution >= 4 is 11.1 Å². The fourth-order valence-corrected chi connectivity index (χ4v) is 1.84. The Bertz CT molecular complexity index is 616. The quantitative estimate of drug-likeness (QED) is 0.543. The van der Waals surface area contributed by atoms with E-state index in [-0.39, 0.29) is 5.41 Å². The number of rotatable bonds is 5. The third kappa shape index (κ3) is 4.46. The van der Waals surface area contributed by atoms with Gasteiger partial charge in [0.2, 0.25) is 0 Å². The average molecular weight is 278 g/mol. The van der Waals surface area contributed by atoms with Crippen molar-refractivity contribution in [3.05, 3.63) is 85.0 Å². The molecule has 0 unspecified atom stereocenters. The minimum absolute atomic E-state index is 0.0632. The zero-order chi connectivity index (χ0) is 16.2. The standard InChI is InChI=1S/C21H26/c1-15(2)19-11-9-10-12-20(19)18(5)16(3)13-14-17(4)21(6,7)8/h9-14H,1,3-5H2,2,6-8H3/b14-13-. The van der Waals surface area contributed by atoms with Gasteiger partial charge in [-0.25, -0.2) is 0 Å². The highest BCUT2D eigenvalue weighted by Crippen LogP contribution is 2.29. The van der Waals surface area contributed by atoms with Gasteiger partial charge in [0.05, 0.1) is 0 Å². The first kappa shape index (κ1) is 17.0. The second-order valence-corrected chi connectivity index (χ2v) is 6.44. The zero-order valence-electron chi connectivity index (χ0n) is 13.8. The summed E-state index contributed by atoms with van der Waals surface area (Å²) in [5.74, 6) is 0. The Kier molecular flexibility index (Phi) is 5.32. The molecule has 0 aliphatic carbocycles. The van der Waals surface area contributed by atoms with E-state index in [4.69, 9.17) is 0 Å². The van der Waals surface area contributed by atoms with Crippen LogP contribution in [0.5, 0.6) is 0 Å². The van der Waals surface area contributed by atoms with Crippen molar-refractivity contribution in [1.29, 1.82) is 0 Å². The van der Waals surface area contributed by atoms with Gasteiger partial charge in [-0.05, 0) is 40.2 Å². The summed E-state index contributed by atoms with van der Waals surface area (Å²) in [7, 11) is 0. The molecule has 1 aromatic rings. The van der Waals surface area contributed by atoms with Crippen LogP contribution >= 0.6 is 0 Å². The second kappa shape index (κ2) is 6.58. The average Bonchev–Trinajstić information content (AvgIpc) is 2.42. The fraction of sp³-hybridized carbons (Fsp3) is 0.238. The van der Waals surface area contributed by atoms with Gasteiger partial charge in [0, 0.05) is 0 Å². The minimum Gasteiger partial charge on any atom is -0.0955 e. The van der Waals surface area contributed by atoms with Crippen LogP contribution in [0.25, 0.3) is 11.1 Å². The van der Waals surface area contributed by atoms with Gasteiger partial charge in [0.1, 0.15) is 0 Å². The minimum atomic E-state index is 0.0632. The molecule has 110 valence electrons. The summed E-state index contributed by atoms with van der Waals surface area (Å²) in [4.78, 5) is 0. The highest BCUT2D eigenvalue weighted by atomic mass is 14.2. The fourth-order valence-electron chi connectivity index (χ4n) is 1.84. The SMILES string of the molecule is C=C(/C=C\C(=C)C(C)(C)C)C(=C)c1ccccc1C(=C)C. The molecule has 0 aromatic heterocycles. The lowest BCUT2D eigenvalue weighted by atomic mass is 9.86. The van der Waals surface area contributed by atoms with Gasteiger partial charge in [-0.15, -0.1) is 0 Å². The van der Waals surface area contributed by atoms with Gasteiger partial charge in [-0.1, -0.05) is 89.1 Å². The third-order valence-electron chi connectivity index (χ3n) is 3.55. The molecule has 0 N–H and O–H groups in total. The maximum absolute atomic E-state index is 4.19. The van der Waals surface area contributed by atoms with Crippen molar-refractivity contribution in [2.45, 2.75) is 27.7 Å². The molecule has 0 aliphatic rings. The summed E-state index contributed by atoms with van der Waals surface area (Å²) in [6.07, 6.45) is 4.02. The van der Waals surface area contributed by atoms with Gasteiger partial charge < -0.3 is 0 Å². The van der Waals surface area contributed by atoms with E-state index in [2.05, 4.69) is 59.2 Å². The number of benzene rings is 1. The van der Waals surface area contributed by atoms with Crippen molar-refractivity contribution in [3.8, 4) is 0 Å². The monoisotopic (exact) mass is 278 g/mol. The number of allylic oxidation sites excluding steroid dienone is 6. The molecule has 0 nitrogen and oxygen atoms in total. The van der Waals surface area contributed by atoms with Crippen LogP contribution in [0, 0.1) is 5.41 Å². The summed E-state index contributed by atoms with van der Waals surface area (Å²) in [6.45, 7) is 24.9. The first-order chi connectivity index (χ1) is 9.64. The Labute approximate surface area is 129 Å². The van der Waals surface area contributed by atoms with Crippen LogP contribution < -0.4 is 0 Å². The normalized spacial score (nSPS) is 11.4. The second-order valence-electron chi connectivity index (χ2n) is 6.44. The molecule has 0 fully saturated rings. The van der Waals surface area contributed by atoms with Crippen molar-refractivity contribution in [2.75, 3.05) is 0 Å². The number of hydrogen-bond acceptors (Lipinski definition) is 0. The van der Waals surface area contributed by atoms with Crippen LogP contribution in [0.2, 0.25) is 0 Å². The Balaban J connectivity index is 3.00. The first-order valence-electron chi connectivity index (χ1n) is 7.15. The summed E-state index contributed by atoms with van der Waals surface area (Å²) in [5.41, 5.74) is 6.19. The molecule has 0 bridgehead atoms. The lowest BCUT2D eigenvalue weighted by Crippen LogP contribution is -2.05. The summed E-state index contributed by atoms with van der Waals surface area (Å²) in [5, 5.41) is 0. The Morgan fingerprint density at radius 3 is 1.90 bits per heavy atom. The Morgan fingerprint density at radius 1 is 0.905 bits per heavy atom. The van der Waals surface area contributed by atoms with Crippen LogP contribution in [-0.4, -0.2) is 0 Å². The largest absolute Gasteiger partial charge is 0.0955 e. The summed E-state index contributed by atoms with van der Waals surface area (Å²) < 4.78 is 0. The molecule has 0 saturated heterocycles. The van der Waals surface area contributed by atoms with Crippen LogP contribution in [0.1, 0.15) is 38.8 Å². The van der Waals surface area contributed by atoms with Crippen molar-refractivity contribution in [3.63, 3.8) is 0 Å². The molecule has 0 heteroatoms. The molecule has 1 aromatic carbocycles. The van der Waals surface area contributed by atoms with Crippen molar-refractivity contribution in [1.82, 2.24) is 0 Å². The van der Waals surface area contributed by atoms with E-state index in [0.717, 1.165) is 33.4 Å². The zero-order valence-corrected chi connectivity index (χ0v) is 13.8. The highest BCUT2D eigenvalue weighted by molar-refractivity contribution is 5.86. The number of hydrogen-bond donors (Lipinski definition) is 0. The predicted molar refractivity (Wildman–Crippen MR) is 97.1 cm³/mol. The van der Waals surface area contributed by atoms with E-state index in [0.29, 0.717) is 0 Å². The van der Waals surface area contributed by atoms with Crippen molar-refractivity contribution in [2.24, 2.45) is 5.41 Å². The first-order valence-corrected chi connectivity index (χ1v) is 7.15. The molecule has 1 rings (SSSR count). The van der Waals surface area contributed by atoms with E-state index in [1.54, 1.807) is 0 Å².